The minimum Gasteiger partial charge on any atom is -1.00 e. The molecule has 0 N–H and O–H groups in total. The Morgan fingerprint density at radius 1 is 0.629 bits per heavy atom. The van der Waals surface area contributed by atoms with Crippen LogP contribution in [0.1, 0.15) is 125 Å². The zero-order chi connectivity index (χ0) is 42.1. The van der Waals surface area contributed by atoms with E-state index in [9.17, 15) is 0 Å². The van der Waals surface area contributed by atoms with Gasteiger partial charge in [-0.15, -0.1) is 0 Å². The van der Waals surface area contributed by atoms with Gasteiger partial charge in [-0.1, -0.05) is 46.8 Å². The summed E-state index contributed by atoms with van der Waals surface area (Å²) in [5.41, 5.74) is 12.8. The van der Waals surface area contributed by atoms with Crippen LogP contribution in [0, 0.1) is 0 Å². The van der Waals surface area contributed by atoms with E-state index in [1.54, 1.807) is 28.4 Å². The van der Waals surface area contributed by atoms with Crippen molar-refractivity contribution in [2.45, 2.75) is 103 Å². The molecule has 4 aromatic carbocycles. The second-order valence-corrected chi connectivity index (χ2v) is 16.8. The van der Waals surface area contributed by atoms with Crippen LogP contribution in [0.5, 0.6) is 46.0 Å². The Hall–Kier alpha value is -4.16. The molecule has 2 unspecified atom stereocenters. The molecular weight excluding hydrogens is 790 g/mol. The smallest absolute Gasteiger partial charge is 1.00 e. The minimum atomic E-state index is -0.155. The minimum absolute atomic E-state index is 0. The number of rotatable bonds is 8. The number of benzene rings is 4. The molecule has 62 heavy (non-hydrogen) atoms. The van der Waals surface area contributed by atoms with Gasteiger partial charge < -0.3 is 44.2 Å². The number of allylic oxidation sites excluding steroid dienone is 1. The van der Waals surface area contributed by atoms with Gasteiger partial charge in [0.25, 0.3) is 0 Å². The van der Waals surface area contributed by atoms with Crippen LogP contribution in [0.25, 0.3) is 11.3 Å². The van der Waals surface area contributed by atoms with Crippen molar-refractivity contribution in [3.05, 3.63) is 93.0 Å². The molecule has 10 rings (SSSR count). The van der Waals surface area contributed by atoms with E-state index >= 15 is 0 Å². The van der Waals surface area contributed by atoms with E-state index in [4.69, 9.17) is 37.9 Å². The zero-order valence-corrected chi connectivity index (χ0v) is 40.6. The summed E-state index contributed by atoms with van der Waals surface area (Å²) in [4.78, 5) is 5.34. The van der Waals surface area contributed by atoms with Crippen molar-refractivity contribution in [2.75, 3.05) is 55.1 Å². The van der Waals surface area contributed by atoms with Crippen LogP contribution in [-0.2, 0) is 23.9 Å². The normalized spacial score (nSPS) is 20.0. The Balaban J connectivity index is 0.000000200. The second kappa shape index (κ2) is 17.8. The largest absolute Gasteiger partial charge is 1.00 e. The Morgan fingerprint density at radius 2 is 1.16 bits per heavy atom. The van der Waals surface area contributed by atoms with Gasteiger partial charge in [-0.2, -0.15) is 0 Å². The van der Waals surface area contributed by atoms with Crippen molar-refractivity contribution in [2.24, 2.45) is 0 Å². The number of hydrogen-bond donors (Lipinski definition) is 0. The number of ether oxygens (including phenoxy) is 8. The fourth-order valence-corrected chi connectivity index (χ4v) is 11.9. The van der Waals surface area contributed by atoms with Gasteiger partial charge in [0, 0.05) is 55.8 Å². The molecule has 0 bridgehead atoms. The van der Waals surface area contributed by atoms with E-state index < -0.39 is 0 Å². The summed E-state index contributed by atoms with van der Waals surface area (Å²) < 4.78 is 46.0. The molecule has 6 heterocycles. The molecule has 0 saturated carbocycles. The number of hydrogen-bond acceptors (Lipinski definition) is 10. The van der Waals surface area contributed by atoms with Gasteiger partial charge >= 0.3 is 29.6 Å². The van der Waals surface area contributed by atoms with Crippen molar-refractivity contribution in [1.29, 1.82) is 0 Å². The summed E-state index contributed by atoms with van der Waals surface area (Å²) in [6.07, 6.45) is 5.99. The summed E-state index contributed by atoms with van der Waals surface area (Å²) in [6, 6.07) is 17.6. The molecular formula is C50H61BN2NaO8. The maximum atomic E-state index is 5.96. The first-order valence-electron chi connectivity index (χ1n) is 21.8. The van der Waals surface area contributed by atoms with Gasteiger partial charge in [-0.3, -0.25) is 4.90 Å². The van der Waals surface area contributed by atoms with E-state index in [-0.39, 0.29) is 50.5 Å². The first-order valence-corrected chi connectivity index (χ1v) is 21.8. The van der Waals surface area contributed by atoms with E-state index in [2.05, 4.69) is 93.8 Å². The van der Waals surface area contributed by atoms with Crippen LogP contribution < -0.4 is 67.5 Å². The molecule has 0 aliphatic carbocycles. The third-order valence-electron chi connectivity index (χ3n) is 14.8. The van der Waals surface area contributed by atoms with Crippen LogP contribution in [0.15, 0.2) is 48.5 Å². The van der Waals surface area contributed by atoms with Crippen LogP contribution in [0.3, 0.4) is 0 Å². The SMILES string of the molecule is CCC1(CC)c2c(ccc(OC)c2OC)C(C)=C2c3cc4c(cc3CCN21)OCO4.CCC1(CC)c2c(ccc(OC)c2OC)C(C)C2c3cc4c(cc3CCN21)OCO4.[B].[H-].[Na+]. The van der Waals surface area contributed by atoms with Gasteiger partial charge in [-0.05, 0) is 115 Å². The second-order valence-electron chi connectivity index (χ2n) is 16.8. The van der Waals surface area contributed by atoms with Gasteiger partial charge in [-0.25, -0.2) is 0 Å². The van der Waals surface area contributed by atoms with Crippen molar-refractivity contribution in [1.82, 2.24) is 9.80 Å². The number of nitrogens with zero attached hydrogens (tertiary/aromatic N) is 2. The maximum Gasteiger partial charge on any atom is 1.00 e. The molecule has 0 fully saturated rings. The molecule has 12 heteroatoms. The summed E-state index contributed by atoms with van der Waals surface area (Å²) >= 11 is 0. The van der Waals surface area contributed by atoms with Crippen molar-refractivity contribution >= 4 is 19.7 Å². The molecule has 0 saturated heterocycles. The molecule has 0 amide bonds. The van der Waals surface area contributed by atoms with E-state index in [0.717, 1.165) is 97.6 Å². The Morgan fingerprint density at radius 3 is 1.74 bits per heavy atom. The Labute approximate surface area is 393 Å². The molecule has 323 valence electrons. The quantitative estimate of drug-likeness (QED) is 0.171. The predicted octanol–water partition coefficient (Wildman–Crippen LogP) is 7.11. The maximum absolute atomic E-state index is 5.96. The average Bonchev–Trinajstić information content (AvgIpc) is 3.96. The average molecular weight is 852 g/mol. The monoisotopic (exact) mass is 851 g/mol. The molecule has 6 aliphatic heterocycles. The predicted molar refractivity (Wildman–Crippen MR) is 240 cm³/mol. The Kier molecular flexibility index (Phi) is 13.2. The molecule has 2 atom stereocenters. The van der Waals surface area contributed by atoms with E-state index in [0.29, 0.717) is 25.5 Å². The van der Waals surface area contributed by atoms with Gasteiger partial charge in [0.15, 0.2) is 46.0 Å². The van der Waals surface area contributed by atoms with Crippen molar-refractivity contribution < 1.29 is 68.9 Å². The van der Waals surface area contributed by atoms with Crippen molar-refractivity contribution in [3.63, 3.8) is 0 Å². The third kappa shape index (κ3) is 6.57. The molecule has 4 aromatic rings. The first-order chi connectivity index (χ1) is 29.2. The fourth-order valence-electron chi connectivity index (χ4n) is 11.9. The van der Waals surface area contributed by atoms with Gasteiger partial charge in [0.1, 0.15) is 0 Å². The van der Waals surface area contributed by atoms with Crippen LogP contribution in [0.2, 0.25) is 0 Å². The Bertz CT molecular complexity index is 2380. The summed E-state index contributed by atoms with van der Waals surface area (Å²) in [6.45, 7) is 16.3. The summed E-state index contributed by atoms with van der Waals surface area (Å²) in [7, 11) is 6.94. The molecule has 6 aliphatic rings. The summed E-state index contributed by atoms with van der Waals surface area (Å²) in [5.74, 6) is 7.13. The fraction of sp³-hybridized carbons (Fsp3) is 0.480. The summed E-state index contributed by atoms with van der Waals surface area (Å²) in [5, 5.41) is 0. The molecule has 0 spiro atoms. The standard InChI is InChI=1S/C25H31NO4.C25H29NO4.B.Na.H/c2*1-6-25(7-2)22-17(8-9-19(27-4)24(22)28-5)15(3)23-18-13-21-20(29-14-30-21)12-16(18)10-11-26(23)25;;;/h8-9,12-13,15,23H,6-7,10-11,14H2,1-5H3;8-9,12-13H,6-7,10-11,14H2,1-5H3;;;/q;;;+1;-1. The van der Waals surface area contributed by atoms with E-state index in [1.165, 1.54) is 55.8 Å². The van der Waals surface area contributed by atoms with E-state index in [1.807, 2.05) is 6.07 Å². The topological polar surface area (TPSA) is 80.3 Å². The van der Waals surface area contributed by atoms with Crippen LogP contribution >= 0.6 is 0 Å². The van der Waals surface area contributed by atoms with Crippen LogP contribution in [-0.4, -0.2) is 73.3 Å². The third-order valence-corrected chi connectivity index (χ3v) is 14.8. The van der Waals surface area contributed by atoms with Crippen LogP contribution in [0.4, 0.5) is 0 Å². The number of fused-ring (bicyclic) bond motifs is 10. The zero-order valence-electron chi connectivity index (χ0n) is 39.6. The van der Waals surface area contributed by atoms with Gasteiger partial charge in [0.2, 0.25) is 13.6 Å². The molecule has 0 aromatic heterocycles. The molecule has 10 nitrogen and oxygen atoms in total. The van der Waals surface area contributed by atoms with Crippen molar-refractivity contribution in [3.8, 4) is 46.0 Å². The first kappa shape index (κ1) is 45.9. The number of methoxy groups -OCH3 is 4. The van der Waals surface area contributed by atoms with Gasteiger partial charge in [0.05, 0.1) is 39.5 Å². The molecule has 3 radical (unpaired) electrons.